The van der Waals surface area contributed by atoms with Gasteiger partial charge in [0.25, 0.3) is 5.24 Å². The average molecular weight is 240 g/mol. The molecular weight excluding hydrogens is 228 g/mol. The van der Waals surface area contributed by atoms with Gasteiger partial charge in [0.2, 0.25) is 0 Å². The number of ether oxygens (including phenoxy) is 1. The van der Waals surface area contributed by atoms with E-state index in [0.29, 0.717) is 29.8 Å². The molecular formula is C10H12N2O3S. The van der Waals surface area contributed by atoms with E-state index in [0.717, 1.165) is 0 Å². The maximum atomic E-state index is 11.4. The molecule has 0 unspecified atom stereocenters. The van der Waals surface area contributed by atoms with Gasteiger partial charge in [0.1, 0.15) is 0 Å². The maximum absolute atomic E-state index is 11.4. The van der Waals surface area contributed by atoms with Gasteiger partial charge in [0, 0.05) is 17.6 Å². The molecule has 0 radical (unpaired) electrons. The predicted octanol–water partition coefficient (Wildman–Crippen LogP) is 2.00. The van der Waals surface area contributed by atoms with E-state index in [2.05, 4.69) is 5.32 Å². The second kappa shape index (κ2) is 6.14. The van der Waals surface area contributed by atoms with Crippen molar-refractivity contribution in [3.8, 4) is 0 Å². The quantitative estimate of drug-likeness (QED) is 0.623. The molecule has 6 heteroatoms. The Hall–Kier alpha value is -1.53. The number of carbonyl (C=O) groups excluding carboxylic acids is 2. The van der Waals surface area contributed by atoms with E-state index < -0.39 is 5.97 Å². The van der Waals surface area contributed by atoms with Gasteiger partial charge in [-0.3, -0.25) is 9.93 Å². The van der Waals surface area contributed by atoms with Crippen molar-refractivity contribution in [2.45, 2.75) is 6.92 Å². The summed E-state index contributed by atoms with van der Waals surface area (Å²) in [6.45, 7) is 2.04. The van der Waals surface area contributed by atoms with Gasteiger partial charge in [0.15, 0.2) is 0 Å². The lowest BCUT2D eigenvalue weighted by molar-refractivity contribution is 0.0526. The number of amides is 1. The number of carbonyl (C=O) groups is 2. The van der Waals surface area contributed by atoms with Gasteiger partial charge in [-0.05, 0) is 25.1 Å². The molecule has 86 valence electrons. The van der Waals surface area contributed by atoms with Crippen molar-refractivity contribution >= 4 is 28.8 Å². The van der Waals surface area contributed by atoms with E-state index in [9.17, 15) is 9.59 Å². The number of rotatable bonds is 3. The molecule has 1 aromatic carbocycles. The van der Waals surface area contributed by atoms with Crippen molar-refractivity contribution in [3.63, 3.8) is 0 Å². The Morgan fingerprint density at radius 2 is 2.25 bits per heavy atom. The predicted molar refractivity (Wildman–Crippen MR) is 63.2 cm³/mol. The number of hydrogen-bond donors (Lipinski definition) is 2. The first-order valence-corrected chi connectivity index (χ1v) is 5.50. The van der Waals surface area contributed by atoms with Gasteiger partial charge in [-0.2, -0.15) is 0 Å². The minimum Gasteiger partial charge on any atom is -0.462 e. The van der Waals surface area contributed by atoms with E-state index in [-0.39, 0.29) is 5.24 Å². The molecule has 0 aromatic heterocycles. The van der Waals surface area contributed by atoms with Crippen molar-refractivity contribution in [3.05, 3.63) is 29.8 Å². The molecule has 0 atom stereocenters. The molecule has 5 nitrogen and oxygen atoms in total. The highest BCUT2D eigenvalue weighted by atomic mass is 32.2. The molecule has 0 aliphatic rings. The summed E-state index contributed by atoms with van der Waals surface area (Å²) in [5.74, 6) is -0.418. The van der Waals surface area contributed by atoms with Crippen LogP contribution in [0.2, 0.25) is 0 Å². The molecule has 0 saturated carbocycles. The number of nitrogens with one attached hydrogen (secondary N) is 1. The van der Waals surface area contributed by atoms with Crippen LogP contribution < -0.4 is 10.5 Å². The smallest absolute Gasteiger partial charge is 0.338 e. The van der Waals surface area contributed by atoms with Crippen LogP contribution in [0.1, 0.15) is 17.3 Å². The average Bonchev–Trinajstić information content (AvgIpc) is 2.29. The zero-order valence-corrected chi connectivity index (χ0v) is 9.54. The van der Waals surface area contributed by atoms with E-state index in [4.69, 9.17) is 9.88 Å². The third-order valence-corrected chi connectivity index (χ3v) is 2.04. The van der Waals surface area contributed by atoms with Crippen LogP contribution in [0, 0.1) is 0 Å². The van der Waals surface area contributed by atoms with Gasteiger partial charge in [-0.1, -0.05) is 6.07 Å². The highest BCUT2D eigenvalue weighted by Gasteiger charge is 2.07. The highest BCUT2D eigenvalue weighted by Crippen LogP contribution is 2.13. The largest absolute Gasteiger partial charge is 0.462 e. The van der Waals surface area contributed by atoms with Crippen LogP contribution in [0.25, 0.3) is 0 Å². The molecule has 0 aliphatic heterocycles. The number of benzene rings is 1. The number of esters is 1. The summed E-state index contributed by atoms with van der Waals surface area (Å²) in [7, 11) is 0. The first-order valence-electron chi connectivity index (χ1n) is 4.62. The summed E-state index contributed by atoms with van der Waals surface area (Å²) in [5, 5.41) is 7.21. The molecule has 0 spiro atoms. The van der Waals surface area contributed by atoms with Crippen LogP contribution in [-0.4, -0.2) is 17.8 Å². The Morgan fingerprint density at radius 1 is 1.50 bits per heavy atom. The fourth-order valence-electron chi connectivity index (χ4n) is 1.09. The molecule has 1 aromatic rings. The van der Waals surface area contributed by atoms with Crippen molar-refractivity contribution in [2.75, 3.05) is 11.9 Å². The molecule has 0 heterocycles. The third-order valence-electron chi connectivity index (χ3n) is 1.73. The molecule has 0 saturated heterocycles. The minimum absolute atomic E-state index is 0.314. The zero-order valence-electron chi connectivity index (χ0n) is 8.73. The van der Waals surface area contributed by atoms with Gasteiger partial charge in [-0.25, -0.2) is 4.79 Å². The topological polar surface area (TPSA) is 81.4 Å². The van der Waals surface area contributed by atoms with Crippen molar-refractivity contribution in [2.24, 2.45) is 5.14 Å². The van der Waals surface area contributed by atoms with Crippen LogP contribution >= 0.6 is 11.9 Å². The molecule has 16 heavy (non-hydrogen) atoms. The lowest BCUT2D eigenvalue weighted by Crippen LogP contribution is -2.09. The zero-order chi connectivity index (χ0) is 12.0. The minimum atomic E-state index is -0.418. The molecule has 1 rings (SSSR count). The summed E-state index contributed by atoms with van der Waals surface area (Å²) in [6, 6.07) is 6.47. The van der Waals surface area contributed by atoms with Crippen LogP contribution in [0.15, 0.2) is 24.3 Å². The Bertz CT molecular complexity index is 395. The molecule has 0 fully saturated rings. The fourth-order valence-corrected chi connectivity index (χ4v) is 1.26. The van der Waals surface area contributed by atoms with Crippen LogP contribution in [0.3, 0.4) is 0 Å². The normalized spacial score (nSPS) is 9.62. The first-order chi connectivity index (χ1) is 7.67. The maximum Gasteiger partial charge on any atom is 0.338 e. The highest BCUT2D eigenvalue weighted by molar-refractivity contribution is 8.11. The third kappa shape index (κ3) is 3.56. The van der Waals surface area contributed by atoms with E-state index in [1.165, 1.54) is 6.07 Å². The van der Waals surface area contributed by atoms with Gasteiger partial charge in [-0.15, -0.1) is 0 Å². The summed E-state index contributed by atoms with van der Waals surface area (Å²) in [5.41, 5.74) is 0.898. The van der Waals surface area contributed by atoms with Crippen molar-refractivity contribution < 1.29 is 14.3 Å². The second-order valence-electron chi connectivity index (χ2n) is 2.83. The number of nitrogens with two attached hydrogens (primary N) is 1. The Morgan fingerprint density at radius 3 is 2.88 bits per heavy atom. The lowest BCUT2D eigenvalue weighted by Gasteiger charge is -2.05. The summed E-state index contributed by atoms with van der Waals surface area (Å²) < 4.78 is 4.83. The van der Waals surface area contributed by atoms with Crippen LogP contribution in [0.4, 0.5) is 10.5 Å². The number of anilines is 1. The van der Waals surface area contributed by atoms with E-state index >= 15 is 0 Å². The van der Waals surface area contributed by atoms with Gasteiger partial charge >= 0.3 is 5.97 Å². The van der Waals surface area contributed by atoms with E-state index in [1.807, 2.05) is 0 Å². The second-order valence-corrected chi connectivity index (χ2v) is 3.44. The van der Waals surface area contributed by atoms with Gasteiger partial charge in [0.05, 0.1) is 12.2 Å². The molecule has 1 amide bonds. The summed E-state index contributed by atoms with van der Waals surface area (Å²) in [6.07, 6.45) is 0. The Kier molecular flexibility index (Phi) is 4.81. The Labute approximate surface area is 97.5 Å². The van der Waals surface area contributed by atoms with Crippen LogP contribution in [-0.2, 0) is 4.74 Å². The monoisotopic (exact) mass is 240 g/mol. The molecule has 3 N–H and O–H groups in total. The van der Waals surface area contributed by atoms with E-state index in [1.54, 1.807) is 25.1 Å². The Balaban J connectivity index is 2.78. The van der Waals surface area contributed by atoms with Gasteiger partial charge < -0.3 is 10.1 Å². The van der Waals surface area contributed by atoms with Crippen molar-refractivity contribution in [1.29, 1.82) is 0 Å². The summed E-state index contributed by atoms with van der Waals surface area (Å²) in [4.78, 5) is 22.4. The fraction of sp³-hybridized carbons (Fsp3) is 0.200. The van der Waals surface area contributed by atoms with Crippen molar-refractivity contribution in [1.82, 2.24) is 0 Å². The standard InChI is InChI=1S/C10H12N2O3S/c1-2-15-9(13)7-4-3-5-8(6-7)12-10(14)16-11/h3-6H,2,11H2,1H3,(H,12,14). The first kappa shape index (κ1) is 12.5. The molecule has 0 bridgehead atoms. The number of hydrogen-bond acceptors (Lipinski definition) is 5. The lowest BCUT2D eigenvalue weighted by atomic mass is 10.2. The summed E-state index contributed by atoms with van der Waals surface area (Å²) >= 11 is 0.578. The molecule has 0 aliphatic carbocycles. The van der Waals surface area contributed by atoms with Crippen LogP contribution in [0.5, 0.6) is 0 Å². The SMILES string of the molecule is CCOC(=O)c1cccc(NC(=O)SN)c1.